The number of nitrogens with one attached hydrogen (secondary N) is 1. The number of nitro groups is 1. The number of benzene rings is 2. The Bertz CT molecular complexity index is 814. The van der Waals surface area contributed by atoms with Gasteiger partial charge in [-0.1, -0.05) is 30.3 Å². The fourth-order valence-corrected chi connectivity index (χ4v) is 2.99. The third kappa shape index (κ3) is 5.07. The van der Waals surface area contributed by atoms with E-state index in [-0.39, 0.29) is 11.4 Å². The van der Waals surface area contributed by atoms with Gasteiger partial charge in [-0.25, -0.2) is 8.42 Å². The van der Waals surface area contributed by atoms with Gasteiger partial charge in [-0.15, -0.1) is 0 Å². The minimum absolute atomic E-state index is 0.00411. The summed E-state index contributed by atoms with van der Waals surface area (Å²) in [5.74, 6) is 0.00411. The molecule has 6 nitrogen and oxygen atoms in total. The second kappa shape index (κ2) is 6.78. The molecule has 2 aromatic carbocycles. The molecule has 0 atom stereocenters. The molecule has 0 heterocycles. The topological polar surface area (TPSA) is 89.3 Å². The normalized spacial score (nSPS) is 11.2. The van der Waals surface area contributed by atoms with Gasteiger partial charge in [-0.3, -0.25) is 10.1 Å². The van der Waals surface area contributed by atoms with Crippen molar-refractivity contribution >= 4 is 21.2 Å². The van der Waals surface area contributed by atoms with Crippen LogP contribution in [0.1, 0.15) is 16.7 Å². The van der Waals surface area contributed by atoms with E-state index >= 15 is 0 Å². The highest BCUT2D eigenvalue weighted by molar-refractivity contribution is 7.89. The molecule has 0 spiro atoms. The molecule has 0 radical (unpaired) electrons. The van der Waals surface area contributed by atoms with Crippen molar-refractivity contribution in [2.45, 2.75) is 19.2 Å². The first kappa shape index (κ1) is 17.0. The number of rotatable bonds is 6. The van der Waals surface area contributed by atoms with Crippen molar-refractivity contribution in [2.24, 2.45) is 0 Å². The van der Waals surface area contributed by atoms with Gasteiger partial charge < -0.3 is 5.32 Å². The summed E-state index contributed by atoms with van der Waals surface area (Å²) in [5, 5.41) is 14.1. The third-order valence-electron chi connectivity index (χ3n) is 3.28. The Labute approximate surface area is 135 Å². The van der Waals surface area contributed by atoms with Crippen LogP contribution >= 0.6 is 0 Å². The minimum Gasteiger partial charge on any atom is -0.375 e. The second-order valence-corrected chi connectivity index (χ2v) is 7.66. The zero-order valence-corrected chi connectivity index (χ0v) is 13.8. The maximum absolute atomic E-state index is 11.2. The fourth-order valence-electron chi connectivity index (χ4n) is 2.20. The number of hydrogen-bond acceptors (Lipinski definition) is 5. The second-order valence-electron chi connectivity index (χ2n) is 5.52. The SMILES string of the molecule is Cc1ccc(NCc2ccc(CS(C)(=O)=O)cc2)c([N+](=O)[O-])c1. The summed E-state index contributed by atoms with van der Waals surface area (Å²) in [6.07, 6.45) is 1.19. The molecular formula is C16H18N2O4S. The number of hydrogen-bond donors (Lipinski definition) is 1. The van der Waals surface area contributed by atoms with Gasteiger partial charge in [-0.2, -0.15) is 0 Å². The Morgan fingerprint density at radius 3 is 2.26 bits per heavy atom. The van der Waals surface area contributed by atoms with E-state index in [0.29, 0.717) is 12.2 Å². The number of nitro benzene ring substituents is 1. The van der Waals surface area contributed by atoms with Gasteiger partial charge in [-0.05, 0) is 29.7 Å². The molecule has 2 rings (SSSR count). The van der Waals surface area contributed by atoms with Crippen molar-refractivity contribution in [1.82, 2.24) is 0 Å². The Morgan fingerprint density at radius 2 is 1.70 bits per heavy atom. The average molecular weight is 334 g/mol. The van der Waals surface area contributed by atoms with Crippen LogP contribution in [0.2, 0.25) is 0 Å². The Hall–Kier alpha value is -2.41. The first-order valence-corrected chi connectivity index (χ1v) is 9.05. The molecule has 23 heavy (non-hydrogen) atoms. The largest absolute Gasteiger partial charge is 0.375 e. The van der Waals surface area contributed by atoms with Crippen LogP contribution in [0.4, 0.5) is 11.4 Å². The molecule has 0 amide bonds. The van der Waals surface area contributed by atoms with Crippen molar-refractivity contribution in [1.29, 1.82) is 0 Å². The average Bonchev–Trinajstić information content (AvgIpc) is 2.45. The highest BCUT2D eigenvalue weighted by atomic mass is 32.2. The van der Waals surface area contributed by atoms with Crippen molar-refractivity contribution in [3.63, 3.8) is 0 Å². The Morgan fingerprint density at radius 1 is 1.09 bits per heavy atom. The first-order valence-electron chi connectivity index (χ1n) is 6.99. The quantitative estimate of drug-likeness (QED) is 0.648. The molecular weight excluding hydrogens is 316 g/mol. The maximum Gasteiger partial charge on any atom is 0.292 e. The molecule has 0 aromatic heterocycles. The van der Waals surface area contributed by atoms with Crippen LogP contribution in [-0.2, 0) is 22.1 Å². The van der Waals surface area contributed by atoms with Gasteiger partial charge in [0.2, 0.25) is 0 Å². The number of sulfone groups is 1. The van der Waals surface area contributed by atoms with Crippen LogP contribution < -0.4 is 5.32 Å². The summed E-state index contributed by atoms with van der Waals surface area (Å²) in [5.41, 5.74) is 2.96. The predicted molar refractivity (Wildman–Crippen MR) is 90.1 cm³/mol. The zero-order chi connectivity index (χ0) is 17.0. The van der Waals surface area contributed by atoms with Gasteiger partial charge in [0.1, 0.15) is 5.69 Å². The van der Waals surface area contributed by atoms with E-state index < -0.39 is 14.8 Å². The van der Waals surface area contributed by atoms with Gasteiger partial charge in [0, 0.05) is 18.9 Å². The van der Waals surface area contributed by atoms with Crippen LogP contribution in [0.5, 0.6) is 0 Å². The van der Waals surface area contributed by atoms with E-state index in [1.54, 1.807) is 25.1 Å². The summed E-state index contributed by atoms with van der Waals surface area (Å²) in [4.78, 5) is 10.7. The lowest BCUT2D eigenvalue weighted by molar-refractivity contribution is -0.384. The molecule has 0 unspecified atom stereocenters. The summed E-state index contributed by atoms with van der Waals surface area (Å²) >= 11 is 0. The van der Waals surface area contributed by atoms with E-state index in [1.807, 2.05) is 18.2 Å². The molecule has 0 fully saturated rings. The molecule has 0 saturated heterocycles. The molecule has 0 bridgehead atoms. The summed E-state index contributed by atoms with van der Waals surface area (Å²) in [6.45, 7) is 2.22. The van der Waals surface area contributed by atoms with E-state index in [4.69, 9.17) is 0 Å². The van der Waals surface area contributed by atoms with Crippen LogP contribution in [0, 0.1) is 17.0 Å². The maximum atomic E-state index is 11.2. The monoisotopic (exact) mass is 334 g/mol. The molecule has 0 aliphatic heterocycles. The molecule has 1 N–H and O–H groups in total. The summed E-state index contributed by atoms with van der Waals surface area (Å²) in [7, 11) is -3.06. The van der Waals surface area contributed by atoms with E-state index in [2.05, 4.69) is 5.32 Å². The van der Waals surface area contributed by atoms with Crippen molar-refractivity contribution in [3.8, 4) is 0 Å². The van der Waals surface area contributed by atoms with Crippen molar-refractivity contribution in [3.05, 3.63) is 69.3 Å². The van der Waals surface area contributed by atoms with Crippen LogP contribution in [0.25, 0.3) is 0 Å². The highest BCUT2D eigenvalue weighted by Gasteiger charge is 2.13. The van der Waals surface area contributed by atoms with E-state index in [9.17, 15) is 18.5 Å². The zero-order valence-electron chi connectivity index (χ0n) is 12.9. The lowest BCUT2D eigenvalue weighted by Gasteiger charge is -2.08. The molecule has 0 saturated carbocycles. The summed E-state index contributed by atoms with van der Waals surface area (Å²) < 4.78 is 22.5. The van der Waals surface area contributed by atoms with Crippen molar-refractivity contribution in [2.75, 3.05) is 11.6 Å². The smallest absolute Gasteiger partial charge is 0.292 e. The van der Waals surface area contributed by atoms with Gasteiger partial charge in [0.15, 0.2) is 9.84 Å². The van der Waals surface area contributed by atoms with Crippen LogP contribution in [0.15, 0.2) is 42.5 Å². The minimum atomic E-state index is -3.06. The highest BCUT2D eigenvalue weighted by Crippen LogP contribution is 2.25. The Kier molecular flexibility index (Phi) is 5.00. The first-order chi connectivity index (χ1) is 10.7. The third-order valence-corrected chi connectivity index (χ3v) is 4.14. The van der Waals surface area contributed by atoms with Crippen molar-refractivity contribution < 1.29 is 13.3 Å². The molecule has 0 aliphatic rings. The predicted octanol–water partition coefficient (Wildman–Crippen LogP) is 3.06. The van der Waals surface area contributed by atoms with Gasteiger partial charge in [0.25, 0.3) is 5.69 Å². The molecule has 2 aromatic rings. The standard InChI is InChI=1S/C16H18N2O4S/c1-12-3-8-15(16(9-12)18(19)20)17-10-13-4-6-14(7-5-13)11-23(2,21)22/h3-9,17H,10-11H2,1-2H3. The van der Waals surface area contributed by atoms with E-state index in [0.717, 1.165) is 16.7 Å². The number of anilines is 1. The van der Waals surface area contributed by atoms with Gasteiger partial charge in [0.05, 0.1) is 10.7 Å². The number of nitrogens with zero attached hydrogens (tertiary/aromatic N) is 1. The summed E-state index contributed by atoms with van der Waals surface area (Å²) in [6, 6.07) is 12.2. The van der Waals surface area contributed by atoms with Gasteiger partial charge >= 0.3 is 0 Å². The van der Waals surface area contributed by atoms with Crippen LogP contribution in [0.3, 0.4) is 0 Å². The fraction of sp³-hybridized carbons (Fsp3) is 0.250. The lowest BCUT2D eigenvalue weighted by Crippen LogP contribution is -2.04. The molecule has 7 heteroatoms. The van der Waals surface area contributed by atoms with E-state index in [1.165, 1.54) is 12.3 Å². The molecule has 122 valence electrons. The Balaban J connectivity index is 2.08. The van der Waals surface area contributed by atoms with Crippen LogP contribution in [-0.4, -0.2) is 19.6 Å². The molecule has 0 aliphatic carbocycles. The number of aryl methyl sites for hydroxylation is 1. The lowest BCUT2D eigenvalue weighted by atomic mass is 10.1.